The largest absolute Gasteiger partial charge is 0.365 e. The number of nitrogens with zero attached hydrogens (tertiary/aromatic N) is 3. The first-order valence-corrected chi connectivity index (χ1v) is 12.0. The third-order valence-electron chi connectivity index (χ3n) is 6.91. The quantitative estimate of drug-likeness (QED) is 0.608. The van der Waals surface area contributed by atoms with Gasteiger partial charge >= 0.3 is 0 Å². The van der Waals surface area contributed by atoms with Crippen LogP contribution in [-0.2, 0) is 29.2 Å². The van der Waals surface area contributed by atoms with Gasteiger partial charge in [-0.05, 0) is 43.0 Å². The van der Waals surface area contributed by atoms with Gasteiger partial charge in [-0.1, -0.05) is 42.0 Å². The summed E-state index contributed by atoms with van der Waals surface area (Å²) in [5.41, 5.74) is 4.32. The van der Waals surface area contributed by atoms with Crippen LogP contribution in [0, 0.1) is 18.7 Å². The van der Waals surface area contributed by atoms with Crippen LogP contribution in [-0.4, -0.2) is 39.4 Å². The lowest BCUT2D eigenvalue weighted by molar-refractivity contribution is -0.126. The molecule has 0 saturated carbocycles. The van der Waals surface area contributed by atoms with Crippen molar-refractivity contribution in [2.24, 2.45) is 5.92 Å². The molecule has 1 saturated heterocycles. The van der Waals surface area contributed by atoms with E-state index < -0.39 is 0 Å². The third-order valence-corrected chi connectivity index (χ3v) is 6.91. The molecule has 3 aromatic rings. The van der Waals surface area contributed by atoms with Crippen molar-refractivity contribution in [2.45, 2.75) is 45.6 Å². The summed E-state index contributed by atoms with van der Waals surface area (Å²) >= 11 is 0. The summed E-state index contributed by atoms with van der Waals surface area (Å²) in [5.74, 6) is -0.466. The second kappa shape index (κ2) is 10.00. The maximum absolute atomic E-state index is 13.2. The predicted octanol–water partition coefficient (Wildman–Crippen LogP) is 3.77. The minimum atomic E-state index is -0.284. The zero-order valence-electron chi connectivity index (χ0n) is 19.7. The monoisotopic (exact) mass is 476 g/mol. The maximum Gasteiger partial charge on any atom is 0.274 e. The molecular weight excluding hydrogens is 447 g/mol. The van der Waals surface area contributed by atoms with Crippen molar-refractivity contribution in [2.75, 3.05) is 13.1 Å². The van der Waals surface area contributed by atoms with E-state index in [1.54, 1.807) is 23.4 Å². The van der Waals surface area contributed by atoms with Crippen molar-refractivity contribution in [3.8, 4) is 0 Å². The SMILES string of the molecule is Cc1ccc(CNC(=O)C2CCN(C(=O)c3ncn4c3COC(c3ccc(F)cc3)C4)CC2)cc1. The molecule has 2 aromatic carbocycles. The van der Waals surface area contributed by atoms with Crippen LogP contribution in [0.1, 0.15) is 51.8 Å². The lowest BCUT2D eigenvalue weighted by Gasteiger charge is -2.31. The number of imidazole rings is 1. The summed E-state index contributed by atoms with van der Waals surface area (Å²) in [5, 5.41) is 3.03. The molecule has 1 N–H and O–H groups in total. The minimum Gasteiger partial charge on any atom is -0.365 e. The van der Waals surface area contributed by atoms with E-state index >= 15 is 0 Å². The molecule has 0 bridgehead atoms. The Morgan fingerprint density at radius 3 is 2.51 bits per heavy atom. The zero-order chi connectivity index (χ0) is 24.4. The van der Waals surface area contributed by atoms with E-state index in [4.69, 9.17) is 4.74 Å². The average molecular weight is 477 g/mol. The number of piperidine rings is 1. The van der Waals surface area contributed by atoms with Crippen LogP contribution >= 0.6 is 0 Å². The lowest BCUT2D eigenvalue weighted by atomic mass is 9.95. The molecule has 2 aliphatic heterocycles. The highest BCUT2D eigenvalue weighted by Crippen LogP contribution is 2.29. The van der Waals surface area contributed by atoms with Crippen LogP contribution in [0.5, 0.6) is 0 Å². The molecular formula is C27H29FN4O3. The molecule has 35 heavy (non-hydrogen) atoms. The number of fused-ring (bicyclic) bond motifs is 1. The summed E-state index contributed by atoms with van der Waals surface area (Å²) in [4.78, 5) is 32.0. The molecule has 0 aliphatic carbocycles. The average Bonchev–Trinajstić information content (AvgIpc) is 3.31. The van der Waals surface area contributed by atoms with Gasteiger partial charge in [0, 0.05) is 25.6 Å². The molecule has 2 amide bonds. The van der Waals surface area contributed by atoms with Crippen LogP contribution in [0.4, 0.5) is 4.39 Å². The van der Waals surface area contributed by atoms with Gasteiger partial charge in [-0.2, -0.15) is 0 Å². The highest BCUT2D eigenvalue weighted by Gasteiger charge is 2.32. The molecule has 1 fully saturated rings. The van der Waals surface area contributed by atoms with Gasteiger partial charge in [-0.25, -0.2) is 9.37 Å². The van der Waals surface area contributed by atoms with Crippen molar-refractivity contribution in [1.29, 1.82) is 0 Å². The second-order valence-electron chi connectivity index (χ2n) is 9.31. The number of nitrogens with one attached hydrogen (secondary N) is 1. The number of aromatic nitrogens is 2. The van der Waals surface area contributed by atoms with E-state index in [1.165, 1.54) is 17.7 Å². The van der Waals surface area contributed by atoms with E-state index in [9.17, 15) is 14.0 Å². The van der Waals surface area contributed by atoms with Gasteiger partial charge in [-0.15, -0.1) is 0 Å². The van der Waals surface area contributed by atoms with Gasteiger partial charge in [0.25, 0.3) is 5.91 Å². The number of hydrogen-bond acceptors (Lipinski definition) is 4. The first kappa shape index (κ1) is 23.2. The van der Waals surface area contributed by atoms with Crippen LogP contribution < -0.4 is 5.32 Å². The van der Waals surface area contributed by atoms with Crippen molar-refractivity contribution < 1.29 is 18.7 Å². The van der Waals surface area contributed by atoms with Crippen molar-refractivity contribution in [3.63, 3.8) is 0 Å². The lowest BCUT2D eigenvalue weighted by Crippen LogP contribution is -2.43. The van der Waals surface area contributed by atoms with Gasteiger partial charge in [0.15, 0.2) is 5.69 Å². The summed E-state index contributed by atoms with van der Waals surface area (Å²) in [6.07, 6.45) is 2.72. The number of carbonyl (C=O) groups is 2. The van der Waals surface area contributed by atoms with Crippen LogP contribution in [0.2, 0.25) is 0 Å². The summed E-state index contributed by atoms with van der Waals surface area (Å²) in [6.45, 7) is 4.37. The van der Waals surface area contributed by atoms with Crippen LogP contribution in [0.15, 0.2) is 54.9 Å². The fraction of sp³-hybridized carbons (Fsp3) is 0.370. The smallest absolute Gasteiger partial charge is 0.274 e. The fourth-order valence-corrected chi connectivity index (χ4v) is 4.72. The second-order valence-corrected chi connectivity index (χ2v) is 9.31. The summed E-state index contributed by atoms with van der Waals surface area (Å²) in [7, 11) is 0. The number of amides is 2. The first-order valence-electron chi connectivity index (χ1n) is 12.0. The van der Waals surface area contributed by atoms with Crippen molar-refractivity contribution in [1.82, 2.24) is 19.8 Å². The Morgan fingerprint density at radius 2 is 1.80 bits per heavy atom. The van der Waals surface area contributed by atoms with Crippen LogP contribution in [0.3, 0.4) is 0 Å². The molecule has 0 spiro atoms. The number of likely N-dealkylation sites (tertiary alicyclic amines) is 1. The Morgan fingerprint density at radius 1 is 1.09 bits per heavy atom. The molecule has 2 aliphatic rings. The molecule has 182 valence electrons. The highest BCUT2D eigenvalue weighted by atomic mass is 19.1. The first-order chi connectivity index (χ1) is 17.0. The Bertz CT molecular complexity index is 1200. The molecule has 8 heteroatoms. The molecule has 7 nitrogen and oxygen atoms in total. The highest BCUT2D eigenvalue weighted by molar-refractivity contribution is 5.93. The van der Waals surface area contributed by atoms with Gasteiger partial charge in [0.1, 0.15) is 11.9 Å². The van der Waals surface area contributed by atoms with E-state index in [-0.39, 0.29) is 36.3 Å². The summed E-state index contributed by atoms with van der Waals surface area (Å²) in [6, 6.07) is 14.4. The molecule has 1 unspecified atom stereocenters. The third kappa shape index (κ3) is 5.12. The van der Waals surface area contributed by atoms with E-state index in [1.807, 2.05) is 35.8 Å². The number of ether oxygens (including phenoxy) is 1. The molecule has 5 rings (SSSR count). The molecule has 0 radical (unpaired) electrons. The molecule has 1 atom stereocenters. The Hall–Kier alpha value is -3.52. The minimum absolute atomic E-state index is 0.0391. The number of benzene rings is 2. The van der Waals surface area contributed by atoms with Gasteiger partial charge in [0.05, 0.1) is 25.2 Å². The maximum atomic E-state index is 13.2. The normalized spacial score (nSPS) is 18.2. The van der Waals surface area contributed by atoms with Gasteiger partial charge in [0.2, 0.25) is 5.91 Å². The zero-order valence-corrected chi connectivity index (χ0v) is 19.7. The topological polar surface area (TPSA) is 76.5 Å². The Labute approximate surface area is 203 Å². The predicted molar refractivity (Wildman–Crippen MR) is 128 cm³/mol. The standard InChI is InChI=1S/C27H29FN4O3/c1-18-2-4-19(5-3-18)14-29-26(33)21-10-12-31(13-11-21)27(34)25-23-16-35-24(15-32(23)17-30-25)20-6-8-22(28)9-7-20/h2-9,17,21,24H,10-16H2,1H3,(H,29,33). The fourth-order valence-electron chi connectivity index (χ4n) is 4.72. The van der Waals surface area contributed by atoms with Crippen molar-refractivity contribution >= 4 is 11.8 Å². The number of halogens is 1. The van der Waals surface area contributed by atoms with E-state index in [2.05, 4.69) is 10.3 Å². The Balaban J connectivity index is 1.15. The van der Waals surface area contributed by atoms with Gasteiger partial charge < -0.3 is 19.5 Å². The number of carbonyl (C=O) groups excluding carboxylic acids is 2. The Kier molecular flexibility index (Phi) is 6.63. The van der Waals surface area contributed by atoms with Crippen molar-refractivity contribution in [3.05, 3.63) is 88.8 Å². The van der Waals surface area contributed by atoms with E-state index in [0.717, 1.165) is 16.8 Å². The van der Waals surface area contributed by atoms with E-state index in [0.29, 0.717) is 44.7 Å². The number of rotatable bonds is 5. The number of hydrogen-bond donors (Lipinski definition) is 1. The van der Waals surface area contributed by atoms with Crippen LogP contribution in [0.25, 0.3) is 0 Å². The molecule has 1 aromatic heterocycles. The number of aryl methyl sites for hydroxylation is 1. The summed E-state index contributed by atoms with van der Waals surface area (Å²) < 4.78 is 21.1. The molecule has 3 heterocycles. The van der Waals surface area contributed by atoms with Gasteiger partial charge in [-0.3, -0.25) is 9.59 Å².